The summed E-state index contributed by atoms with van der Waals surface area (Å²) in [4.78, 5) is 14.4. The lowest BCUT2D eigenvalue weighted by molar-refractivity contribution is 0.0985. The topological polar surface area (TPSA) is 68.7 Å². The molecule has 2 aromatic rings. The summed E-state index contributed by atoms with van der Waals surface area (Å²) in [6.45, 7) is 2.85. The van der Waals surface area contributed by atoms with E-state index in [9.17, 15) is 4.79 Å². The molecular weight excluding hydrogens is 268 g/mol. The highest BCUT2D eigenvalue weighted by Gasteiger charge is 2.21. The van der Waals surface area contributed by atoms with Crippen LogP contribution in [0.4, 0.5) is 5.69 Å². The monoisotopic (exact) mass is 288 g/mol. The lowest BCUT2D eigenvalue weighted by Gasteiger charge is -2.24. The fourth-order valence-corrected chi connectivity index (χ4v) is 2.15. The van der Waals surface area contributed by atoms with E-state index in [2.05, 4.69) is 0 Å². The van der Waals surface area contributed by atoms with Gasteiger partial charge in [0.1, 0.15) is 17.8 Å². The second-order valence-corrected chi connectivity index (χ2v) is 4.72. The van der Waals surface area contributed by atoms with Gasteiger partial charge in [-0.25, -0.2) is 0 Å². The van der Waals surface area contributed by atoms with Crippen molar-refractivity contribution in [2.45, 2.75) is 13.3 Å². The summed E-state index contributed by atoms with van der Waals surface area (Å²) in [6, 6.07) is 9.17. The van der Waals surface area contributed by atoms with E-state index in [1.165, 1.54) is 6.26 Å². The molecule has 0 spiro atoms. The molecular formula is C16H20N2O3. The first kappa shape index (κ1) is 15.1. The first-order chi connectivity index (χ1) is 10.2. The van der Waals surface area contributed by atoms with Crippen LogP contribution in [0.2, 0.25) is 0 Å². The van der Waals surface area contributed by atoms with Crippen molar-refractivity contribution >= 4 is 11.6 Å². The zero-order valence-electron chi connectivity index (χ0n) is 12.3. The van der Waals surface area contributed by atoms with Crippen molar-refractivity contribution in [3.05, 3.63) is 47.9 Å². The number of aryl methyl sites for hydroxylation is 1. The van der Waals surface area contributed by atoms with E-state index in [1.54, 1.807) is 18.1 Å². The van der Waals surface area contributed by atoms with Crippen LogP contribution in [0, 0.1) is 6.92 Å². The van der Waals surface area contributed by atoms with Crippen molar-refractivity contribution in [3.8, 4) is 5.75 Å². The third-order valence-corrected chi connectivity index (χ3v) is 3.18. The SMILES string of the molecule is COc1ccccc1N(CCCN)C(=O)c1coc(C)c1. The van der Waals surface area contributed by atoms with E-state index >= 15 is 0 Å². The van der Waals surface area contributed by atoms with Crippen LogP contribution >= 0.6 is 0 Å². The van der Waals surface area contributed by atoms with E-state index < -0.39 is 0 Å². The van der Waals surface area contributed by atoms with Crippen LogP contribution in [0.1, 0.15) is 22.5 Å². The van der Waals surface area contributed by atoms with E-state index in [4.69, 9.17) is 14.9 Å². The molecule has 112 valence electrons. The van der Waals surface area contributed by atoms with Gasteiger partial charge in [-0.15, -0.1) is 0 Å². The van der Waals surface area contributed by atoms with Gasteiger partial charge < -0.3 is 19.8 Å². The fraction of sp³-hybridized carbons (Fsp3) is 0.312. The molecule has 0 bridgehead atoms. The van der Waals surface area contributed by atoms with Crippen molar-refractivity contribution in [3.63, 3.8) is 0 Å². The van der Waals surface area contributed by atoms with Crippen LogP contribution in [-0.2, 0) is 0 Å². The number of amides is 1. The lowest BCUT2D eigenvalue weighted by Crippen LogP contribution is -2.33. The molecule has 1 aromatic heterocycles. The molecule has 0 saturated carbocycles. The van der Waals surface area contributed by atoms with Gasteiger partial charge in [0.25, 0.3) is 5.91 Å². The van der Waals surface area contributed by atoms with E-state index in [0.29, 0.717) is 36.6 Å². The van der Waals surface area contributed by atoms with Crippen LogP contribution in [-0.4, -0.2) is 26.1 Å². The van der Waals surface area contributed by atoms with Crippen LogP contribution in [0.5, 0.6) is 5.75 Å². The molecule has 0 atom stereocenters. The molecule has 0 saturated heterocycles. The summed E-state index contributed by atoms with van der Waals surface area (Å²) >= 11 is 0. The summed E-state index contributed by atoms with van der Waals surface area (Å²) in [5, 5.41) is 0. The Morgan fingerprint density at radius 3 is 2.76 bits per heavy atom. The van der Waals surface area contributed by atoms with Gasteiger partial charge in [0.15, 0.2) is 0 Å². The first-order valence-electron chi connectivity index (χ1n) is 6.87. The number of nitrogens with two attached hydrogens (primary N) is 1. The third-order valence-electron chi connectivity index (χ3n) is 3.18. The van der Waals surface area contributed by atoms with Gasteiger partial charge in [-0.1, -0.05) is 12.1 Å². The molecule has 5 nitrogen and oxygen atoms in total. The highest BCUT2D eigenvalue weighted by atomic mass is 16.5. The van der Waals surface area contributed by atoms with Crippen molar-refractivity contribution in [1.29, 1.82) is 0 Å². The zero-order valence-corrected chi connectivity index (χ0v) is 12.3. The molecule has 21 heavy (non-hydrogen) atoms. The summed E-state index contributed by atoms with van der Waals surface area (Å²) < 4.78 is 10.6. The quantitative estimate of drug-likeness (QED) is 0.887. The van der Waals surface area contributed by atoms with Gasteiger partial charge >= 0.3 is 0 Å². The van der Waals surface area contributed by atoms with Crippen LogP contribution < -0.4 is 15.4 Å². The minimum Gasteiger partial charge on any atom is -0.495 e. The summed E-state index contributed by atoms with van der Waals surface area (Å²) in [6.07, 6.45) is 2.18. The number of anilines is 1. The smallest absolute Gasteiger partial charge is 0.261 e. The molecule has 2 N–H and O–H groups in total. The van der Waals surface area contributed by atoms with Crippen molar-refractivity contribution in [2.24, 2.45) is 5.73 Å². The fourth-order valence-electron chi connectivity index (χ4n) is 2.15. The molecule has 1 heterocycles. The number of furan rings is 1. The average molecular weight is 288 g/mol. The maximum absolute atomic E-state index is 12.7. The van der Waals surface area contributed by atoms with E-state index in [0.717, 1.165) is 5.69 Å². The Balaban J connectivity index is 2.35. The van der Waals surface area contributed by atoms with E-state index in [1.807, 2.05) is 31.2 Å². The second kappa shape index (κ2) is 6.95. The largest absolute Gasteiger partial charge is 0.495 e. The van der Waals surface area contributed by atoms with Crippen LogP contribution in [0.3, 0.4) is 0 Å². The molecule has 0 unspecified atom stereocenters. The molecule has 5 heteroatoms. The third kappa shape index (κ3) is 3.44. The molecule has 0 fully saturated rings. The van der Waals surface area contributed by atoms with Gasteiger partial charge in [0.05, 0.1) is 18.4 Å². The Hall–Kier alpha value is -2.27. The predicted octanol–water partition coefficient (Wildman–Crippen LogP) is 2.59. The maximum Gasteiger partial charge on any atom is 0.261 e. The molecule has 1 amide bonds. The number of hydrogen-bond donors (Lipinski definition) is 1. The van der Waals surface area contributed by atoms with E-state index in [-0.39, 0.29) is 5.91 Å². The van der Waals surface area contributed by atoms with Gasteiger partial charge in [-0.2, -0.15) is 0 Å². The van der Waals surface area contributed by atoms with Gasteiger partial charge in [-0.05, 0) is 38.1 Å². The summed E-state index contributed by atoms with van der Waals surface area (Å²) in [5.74, 6) is 1.24. The summed E-state index contributed by atoms with van der Waals surface area (Å²) in [5.41, 5.74) is 6.84. The van der Waals surface area contributed by atoms with Crippen LogP contribution in [0.25, 0.3) is 0 Å². The van der Waals surface area contributed by atoms with Gasteiger partial charge in [0, 0.05) is 6.54 Å². The number of hydrogen-bond acceptors (Lipinski definition) is 4. The maximum atomic E-state index is 12.7. The molecule has 0 aliphatic heterocycles. The molecule has 0 aliphatic carbocycles. The Morgan fingerprint density at radius 1 is 1.38 bits per heavy atom. The van der Waals surface area contributed by atoms with Crippen molar-refractivity contribution < 1.29 is 13.9 Å². The Morgan fingerprint density at radius 2 is 2.14 bits per heavy atom. The number of rotatable bonds is 6. The Kier molecular flexibility index (Phi) is 5.00. The number of nitrogens with zero attached hydrogens (tertiary/aromatic N) is 1. The molecule has 1 aromatic carbocycles. The average Bonchev–Trinajstić information content (AvgIpc) is 2.94. The number of benzene rings is 1. The van der Waals surface area contributed by atoms with Gasteiger partial charge in [0.2, 0.25) is 0 Å². The first-order valence-corrected chi connectivity index (χ1v) is 6.87. The van der Waals surface area contributed by atoms with Crippen molar-refractivity contribution in [2.75, 3.05) is 25.1 Å². The number of para-hydroxylation sites is 2. The Bertz CT molecular complexity index is 607. The number of ether oxygens (including phenoxy) is 1. The summed E-state index contributed by atoms with van der Waals surface area (Å²) in [7, 11) is 1.59. The highest BCUT2D eigenvalue weighted by molar-refractivity contribution is 6.06. The minimum atomic E-state index is -0.121. The number of methoxy groups -OCH3 is 1. The van der Waals surface area contributed by atoms with Crippen molar-refractivity contribution in [1.82, 2.24) is 0 Å². The highest BCUT2D eigenvalue weighted by Crippen LogP contribution is 2.29. The predicted molar refractivity (Wildman–Crippen MR) is 81.8 cm³/mol. The molecule has 2 rings (SSSR count). The molecule has 0 aliphatic rings. The normalized spacial score (nSPS) is 10.4. The van der Waals surface area contributed by atoms with Crippen LogP contribution in [0.15, 0.2) is 41.0 Å². The zero-order chi connectivity index (χ0) is 15.2. The second-order valence-electron chi connectivity index (χ2n) is 4.72. The Labute approximate surface area is 124 Å². The number of carbonyl (C=O) groups excluding carboxylic acids is 1. The minimum absolute atomic E-state index is 0.121. The van der Waals surface area contributed by atoms with Gasteiger partial charge in [-0.3, -0.25) is 4.79 Å². The number of carbonyl (C=O) groups is 1. The lowest BCUT2D eigenvalue weighted by atomic mass is 10.2. The molecule has 0 radical (unpaired) electrons. The standard InChI is InChI=1S/C16H20N2O3/c1-12-10-13(11-21-12)16(19)18(9-5-8-17)14-6-3-4-7-15(14)20-2/h3-4,6-7,10-11H,5,8-9,17H2,1-2H3.